The lowest BCUT2D eigenvalue weighted by atomic mass is 9.97. The van der Waals surface area contributed by atoms with Gasteiger partial charge in [0, 0.05) is 24.1 Å². The Morgan fingerprint density at radius 3 is 2.78 bits per heavy atom. The number of hydrogen-bond acceptors (Lipinski definition) is 3. The van der Waals surface area contributed by atoms with Crippen molar-refractivity contribution in [1.82, 2.24) is 4.98 Å². The number of methoxy groups -OCH3 is 1. The fourth-order valence-corrected chi connectivity index (χ4v) is 2.11. The van der Waals surface area contributed by atoms with E-state index in [-0.39, 0.29) is 5.92 Å². The molecular weight excluding hydrogens is 226 g/mol. The van der Waals surface area contributed by atoms with Crippen LogP contribution in [0.4, 0.5) is 0 Å². The molecule has 2 unspecified atom stereocenters. The second-order valence-corrected chi connectivity index (χ2v) is 4.78. The van der Waals surface area contributed by atoms with Crippen LogP contribution < -0.4 is 0 Å². The van der Waals surface area contributed by atoms with E-state index in [1.807, 2.05) is 44.2 Å². The molecule has 3 heteroatoms. The van der Waals surface area contributed by atoms with Crippen molar-refractivity contribution in [1.29, 1.82) is 0 Å². The van der Waals surface area contributed by atoms with E-state index in [0.29, 0.717) is 6.61 Å². The highest BCUT2D eigenvalue weighted by Gasteiger charge is 2.16. The van der Waals surface area contributed by atoms with Gasteiger partial charge in [-0.25, -0.2) is 0 Å². The molecule has 0 bridgehead atoms. The van der Waals surface area contributed by atoms with Crippen molar-refractivity contribution < 1.29 is 9.84 Å². The molecule has 0 aliphatic carbocycles. The summed E-state index contributed by atoms with van der Waals surface area (Å²) in [5.41, 5.74) is 2.88. The number of nitrogens with zero attached hydrogens (tertiary/aromatic N) is 1. The van der Waals surface area contributed by atoms with Gasteiger partial charge in [-0.1, -0.05) is 19.1 Å². The van der Waals surface area contributed by atoms with Gasteiger partial charge in [-0.2, -0.15) is 0 Å². The third-order valence-electron chi connectivity index (χ3n) is 3.16. The minimum absolute atomic E-state index is 0.0749. The lowest BCUT2D eigenvalue weighted by Crippen LogP contribution is -2.14. The molecule has 0 spiro atoms. The monoisotopic (exact) mass is 245 g/mol. The standard InChI is InChI=1S/C15H19NO2/c1-10(9-18-3)15(17)13-6-7-14-12(8-13)5-4-11(2)16-14/h4-8,10,15,17H,9H2,1-3H3. The van der Waals surface area contributed by atoms with Crippen LogP contribution in [-0.4, -0.2) is 23.8 Å². The van der Waals surface area contributed by atoms with Crippen LogP contribution in [0.25, 0.3) is 10.9 Å². The Morgan fingerprint density at radius 1 is 1.28 bits per heavy atom. The smallest absolute Gasteiger partial charge is 0.0837 e. The second kappa shape index (κ2) is 5.46. The first-order chi connectivity index (χ1) is 8.61. The molecule has 0 aliphatic rings. The van der Waals surface area contributed by atoms with E-state index in [1.54, 1.807) is 7.11 Å². The second-order valence-electron chi connectivity index (χ2n) is 4.78. The van der Waals surface area contributed by atoms with Gasteiger partial charge in [0.25, 0.3) is 0 Å². The summed E-state index contributed by atoms with van der Waals surface area (Å²) >= 11 is 0. The van der Waals surface area contributed by atoms with Crippen LogP contribution in [0.3, 0.4) is 0 Å². The van der Waals surface area contributed by atoms with E-state index in [1.165, 1.54) is 0 Å². The van der Waals surface area contributed by atoms with E-state index in [4.69, 9.17) is 4.74 Å². The maximum Gasteiger partial charge on any atom is 0.0837 e. The van der Waals surface area contributed by atoms with Crippen molar-refractivity contribution in [3.05, 3.63) is 41.6 Å². The predicted molar refractivity (Wildman–Crippen MR) is 72.5 cm³/mol. The van der Waals surface area contributed by atoms with Gasteiger partial charge in [-0.3, -0.25) is 4.98 Å². The van der Waals surface area contributed by atoms with Crippen molar-refractivity contribution in [2.75, 3.05) is 13.7 Å². The summed E-state index contributed by atoms with van der Waals surface area (Å²) in [4.78, 5) is 4.45. The summed E-state index contributed by atoms with van der Waals surface area (Å²) in [7, 11) is 1.65. The summed E-state index contributed by atoms with van der Waals surface area (Å²) in [5.74, 6) is 0.0749. The molecule has 0 amide bonds. The molecule has 0 radical (unpaired) electrons. The highest BCUT2D eigenvalue weighted by Crippen LogP contribution is 2.25. The highest BCUT2D eigenvalue weighted by atomic mass is 16.5. The van der Waals surface area contributed by atoms with Crippen LogP contribution in [0, 0.1) is 12.8 Å². The summed E-state index contributed by atoms with van der Waals surface area (Å²) in [6.07, 6.45) is -0.504. The van der Waals surface area contributed by atoms with Gasteiger partial charge in [0.15, 0.2) is 0 Å². The number of aromatic nitrogens is 1. The van der Waals surface area contributed by atoms with Gasteiger partial charge in [0.2, 0.25) is 0 Å². The first-order valence-electron chi connectivity index (χ1n) is 6.16. The van der Waals surface area contributed by atoms with Gasteiger partial charge in [0.1, 0.15) is 0 Å². The van der Waals surface area contributed by atoms with Crippen molar-refractivity contribution in [2.24, 2.45) is 5.92 Å². The van der Waals surface area contributed by atoms with Crippen molar-refractivity contribution in [3.63, 3.8) is 0 Å². The fourth-order valence-electron chi connectivity index (χ4n) is 2.11. The summed E-state index contributed by atoms with van der Waals surface area (Å²) < 4.78 is 5.08. The molecule has 3 nitrogen and oxygen atoms in total. The number of fused-ring (bicyclic) bond motifs is 1. The molecule has 2 rings (SSSR count). The zero-order chi connectivity index (χ0) is 13.1. The number of pyridine rings is 1. The molecule has 1 aromatic carbocycles. The maximum absolute atomic E-state index is 10.2. The third-order valence-corrected chi connectivity index (χ3v) is 3.16. The Balaban J connectivity index is 2.32. The van der Waals surface area contributed by atoms with Crippen molar-refractivity contribution in [2.45, 2.75) is 20.0 Å². The fraction of sp³-hybridized carbons (Fsp3) is 0.400. The van der Waals surface area contributed by atoms with Crippen LogP contribution in [0.2, 0.25) is 0 Å². The number of aliphatic hydroxyl groups is 1. The molecule has 1 N–H and O–H groups in total. The molecule has 2 atom stereocenters. The summed E-state index contributed by atoms with van der Waals surface area (Å²) in [6.45, 7) is 4.50. The number of rotatable bonds is 4. The Bertz CT molecular complexity index is 539. The van der Waals surface area contributed by atoms with E-state index < -0.39 is 6.10 Å². The normalized spacial score (nSPS) is 14.7. The minimum atomic E-state index is -0.504. The van der Waals surface area contributed by atoms with Crippen molar-refractivity contribution in [3.8, 4) is 0 Å². The van der Waals surface area contributed by atoms with E-state index in [9.17, 15) is 5.11 Å². The van der Waals surface area contributed by atoms with Crippen LogP contribution >= 0.6 is 0 Å². The molecule has 96 valence electrons. The lowest BCUT2D eigenvalue weighted by Gasteiger charge is -2.18. The van der Waals surface area contributed by atoms with Crippen LogP contribution in [-0.2, 0) is 4.74 Å². The zero-order valence-electron chi connectivity index (χ0n) is 11.1. The number of aliphatic hydroxyl groups excluding tert-OH is 1. The Hall–Kier alpha value is -1.45. The quantitative estimate of drug-likeness (QED) is 0.900. The first kappa shape index (κ1) is 13.0. The third kappa shape index (κ3) is 2.68. The average molecular weight is 245 g/mol. The van der Waals surface area contributed by atoms with Gasteiger partial charge in [-0.05, 0) is 30.7 Å². The molecule has 0 saturated heterocycles. The first-order valence-corrected chi connectivity index (χ1v) is 6.16. The molecule has 1 aromatic heterocycles. The maximum atomic E-state index is 10.2. The van der Waals surface area contributed by atoms with E-state index in [0.717, 1.165) is 22.2 Å². The minimum Gasteiger partial charge on any atom is -0.388 e. The molecule has 0 saturated carbocycles. The van der Waals surface area contributed by atoms with Gasteiger partial charge in [0.05, 0.1) is 18.2 Å². The molecule has 18 heavy (non-hydrogen) atoms. The summed E-state index contributed by atoms with van der Waals surface area (Å²) in [5, 5.41) is 11.3. The average Bonchev–Trinajstić information content (AvgIpc) is 2.37. The predicted octanol–water partition coefficient (Wildman–Crippen LogP) is 2.86. The SMILES string of the molecule is COCC(C)C(O)c1ccc2nc(C)ccc2c1. The van der Waals surface area contributed by atoms with Crippen molar-refractivity contribution >= 4 is 10.9 Å². The lowest BCUT2D eigenvalue weighted by molar-refractivity contribution is 0.0567. The Labute approximate surface area is 107 Å². The molecule has 1 heterocycles. The molecular formula is C15H19NO2. The van der Waals surface area contributed by atoms with Crippen LogP contribution in [0.5, 0.6) is 0 Å². The number of ether oxygens (including phenoxy) is 1. The van der Waals surface area contributed by atoms with Gasteiger partial charge in [-0.15, -0.1) is 0 Å². The van der Waals surface area contributed by atoms with Crippen LogP contribution in [0.1, 0.15) is 24.3 Å². The van der Waals surface area contributed by atoms with E-state index in [2.05, 4.69) is 4.98 Å². The summed E-state index contributed by atoms with van der Waals surface area (Å²) in [6, 6.07) is 9.91. The molecule has 2 aromatic rings. The van der Waals surface area contributed by atoms with Crippen LogP contribution in [0.15, 0.2) is 30.3 Å². The number of aryl methyl sites for hydroxylation is 1. The zero-order valence-corrected chi connectivity index (χ0v) is 11.1. The van der Waals surface area contributed by atoms with Gasteiger partial charge < -0.3 is 9.84 Å². The van der Waals surface area contributed by atoms with Gasteiger partial charge >= 0.3 is 0 Å². The topological polar surface area (TPSA) is 42.4 Å². The Morgan fingerprint density at radius 2 is 2.06 bits per heavy atom. The Kier molecular flexibility index (Phi) is 3.94. The highest BCUT2D eigenvalue weighted by molar-refractivity contribution is 5.79. The molecule has 0 fully saturated rings. The number of hydrogen-bond donors (Lipinski definition) is 1. The number of benzene rings is 1. The molecule has 0 aliphatic heterocycles. The largest absolute Gasteiger partial charge is 0.388 e. The van der Waals surface area contributed by atoms with E-state index >= 15 is 0 Å².